The van der Waals surface area contributed by atoms with Gasteiger partial charge in [0.05, 0.1) is 0 Å². The van der Waals surface area contributed by atoms with Gasteiger partial charge in [0.15, 0.2) is 0 Å². The Morgan fingerprint density at radius 2 is 2.33 bits per heavy atom. The zero-order chi connectivity index (χ0) is 11.3. The molecule has 0 aromatic carbocycles. The van der Waals surface area contributed by atoms with Gasteiger partial charge in [-0.05, 0) is 33.4 Å². The summed E-state index contributed by atoms with van der Waals surface area (Å²) in [6.07, 6.45) is 2.98. The lowest BCUT2D eigenvalue weighted by molar-refractivity contribution is -0.121. The summed E-state index contributed by atoms with van der Waals surface area (Å²) >= 11 is 0. The quantitative estimate of drug-likeness (QED) is 0.701. The van der Waals surface area contributed by atoms with Gasteiger partial charge < -0.3 is 15.5 Å². The molecule has 0 aromatic heterocycles. The number of amides is 1. The van der Waals surface area contributed by atoms with Crippen LogP contribution in [0, 0.1) is 0 Å². The van der Waals surface area contributed by atoms with Crippen molar-refractivity contribution in [1.82, 2.24) is 15.5 Å². The van der Waals surface area contributed by atoms with Crippen molar-refractivity contribution in [3.05, 3.63) is 0 Å². The van der Waals surface area contributed by atoms with Crippen molar-refractivity contribution in [2.75, 3.05) is 27.2 Å². The Morgan fingerprint density at radius 3 is 2.93 bits per heavy atom. The zero-order valence-electron chi connectivity index (χ0n) is 10.0. The van der Waals surface area contributed by atoms with Crippen molar-refractivity contribution < 1.29 is 4.79 Å². The van der Waals surface area contributed by atoms with Crippen LogP contribution in [0.5, 0.6) is 0 Å². The number of rotatable bonds is 4. The van der Waals surface area contributed by atoms with Crippen molar-refractivity contribution in [2.45, 2.75) is 38.3 Å². The summed E-state index contributed by atoms with van der Waals surface area (Å²) in [4.78, 5) is 13.4. The first kappa shape index (κ1) is 12.5. The van der Waals surface area contributed by atoms with E-state index in [1.54, 1.807) is 7.05 Å². The second-order valence-electron chi connectivity index (χ2n) is 4.44. The topological polar surface area (TPSA) is 44.4 Å². The third-order valence-electron chi connectivity index (χ3n) is 3.19. The van der Waals surface area contributed by atoms with Crippen molar-refractivity contribution in [3.8, 4) is 0 Å². The number of piperidine rings is 1. The molecule has 0 saturated carbocycles. The molecule has 1 aliphatic rings. The third-order valence-corrected chi connectivity index (χ3v) is 3.19. The molecule has 0 aliphatic carbocycles. The van der Waals surface area contributed by atoms with Gasteiger partial charge in [0.2, 0.25) is 5.91 Å². The molecule has 1 saturated heterocycles. The summed E-state index contributed by atoms with van der Waals surface area (Å²) in [5.74, 6) is 0.129. The monoisotopic (exact) mass is 213 g/mol. The smallest absolute Gasteiger partial charge is 0.221 e. The molecule has 2 N–H and O–H groups in total. The van der Waals surface area contributed by atoms with Gasteiger partial charge in [-0.2, -0.15) is 0 Å². The van der Waals surface area contributed by atoms with E-state index < -0.39 is 0 Å². The number of nitrogens with zero attached hydrogens (tertiary/aromatic N) is 1. The number of nitrogens with one attached hydrogen (secondary N) is 2. The first-order valence-corrected chi connectivity index (χ1v) is 5.77. The van der Waals surface area contributed by atoms with Gasteiger partial charge in [-0.15, -0.1) is 0 Å². The molecule has 2 atom stereocenters. The van der Waals surface area contributed by atoms with E-state index in [1.165, 1.54) is 12.8 Å². The van der Waals surface area contributed by atoms with Gasteiger partial charge in [0.25, 0.3) is 0 Å². The standard InChI is InChI=1S/C11H23N3O/c1-9-8-10(4-6-13-9)14(3)7-5-11(15)12-2/h9-10,13H,4-8H2,1-3H3,(H,12,15). The van der Waals surface area contributed by atoms with Crippen LogP contribution in [-0.2, 0) is 4.79 Å². The molecule has 2 unspecified atom stereocenters. The van der Waals surface area contributed by atoms with Crippen LogP contribution in [0.1, 0.15) is 26.2 Å². The van der Waals surface area contributed by atoms with E-state index in [0.29, 0.717) is 18.5 Å². The van der Waals surface area contributed by atoms with E-state index in [4.69, 9.17) is 0 Å². The molecular formula is C11H23N3O. The Hall–Kier alpha value is -0.610. The van der Waals surface area contributed by atoms with Crippen molar-refractivity contribution in [1.29, 1.82) is 0 Å². The molecule has 1 fully saturated rings. The fourth-order valence-corrected chi connectivity index (χ4v) is 2.09. The van der Waals surface area contributed by atoms with Crippen LogP contribution in [-0.4, -0.2) is 50.1 Å². The molecule has 1 aliphatic heterocycles. The molecule has 15 heavy (non-hydrogen) atoms. The molecule has 4 heteroatoms. The SMILES string of the molecule is CNC(=O)CCN(C)C1CCNC(C)C1. The highest BCUT2D eigenvalue weighted by Crippen LogP contribution is 2.14. The average Bonchev–Trinajstić information content (AvgIpc) is 2.25. The highest BCUT2D eigenvalue weighted by atomic mass is 16.1. The number of carbonyl (C=O) groups excluding carboxylic acids is 1. The van der Waals surface area contributed by atoms with Crippen LogP contribution in [0.15, 0.2) is 0 Å². The van der Waals surface area contributed by atoms with Crippen molar-refractivity contribution in [3.63, 3.8) is 0 Å². The predicted octanol–water partition coefficient (Wildman–Crippen LogP) is 0.195. The Balaban J connectivity index is 2.26. The molecule has 1 heterocycles. The summed E-state index contributed by atoms with van der Waals surface area (Å²) < 4.78 is 0. The Bertz CT molecular complexity index is 208. The minimum absolute atomic E-state index is 0.129. The Kier molecular flexibility index (Phi) is 5.05. The summed E-state index contributed by atoms with van der Waals surface area (Å²) in [6, 6.07) is 1.23. The van der Waals surface area contributed by atoms with Crippen molar-refractivity contribution in [2.24, 2.45) is 0 Å². The Labute approximate surface area is 92.4 Å². The molecule has 0 spiro atoms. The van der Waals surface area contributed by atoms with Crippen LogP contribution in [0.3, 0.4) is 0 Å². The highest BCUT2D eigenvalue weighted by Gasteiger charge is 2.21. The van der Waals surface area contributed by atoms with Crippen LogP contribution in [0.4, 0.5) is 0 Å². The molecule has 0 bridgehead atoms. The molecular weight excluding hydrogens is 190 g/mol. The van der Waals surface area contributed by atoms with Crippen LogP contribution >= 0.6 is 0 Å². The normalized spacial score (nSPS) is 26.7. The number of carbonyl (C=O) groups is 1. The van der Waals surface area contributed by atoms with Crippen molar-refractivity contribution >= 4 is 5.91 Å². The van der Waals surface area contributed by atoms with Crippen LogP contribution in [0.2, 0.25) is 0 Å². The minimum atomic E-state index is 0.129. The van der Waals surface area contributed by atoms with E-state index in [2.05, 4.69) is 29.5 Å². The second-order valence-corrected chi connectivity index (χ2v) is 4.44. The maximum atomic E-state index is 11.1. The third kappa shape index (κ3) is 4.18. The fraction of sp³-hybridized carbons (Fsp3) is 0.909. The van der Waals surface area contributed by atoms with Gasteiger partial charge in [0, 0.05) is 32.1 Å². The molecule has 4 nitrogen and oxygen atoms in total. The lowest BCUT2D eigenvalue weighted by atomic mass is 9.99. The van der Waals surface area contributed by atoms with Gasteiger partial charge in [-0.1, -0.05) is 0 Å². The van der Waals surface area contributed by atoms with Gasteiger partial charge in [-0.25, -0.2) is 0 Å². The maximum Gasteiger partial charge on any atom is 0.221 e. The summed E-state index contributed by atoms with van der Waals surface area (Å²) in [7, 11) is 3.81. The molecule has 1 amide bonds. The van der Waals surface area contributed by atoms with E-state index in [1.807, 2.05) is 0 Å². The number of hydrogen-bond acceptors (Lipinski definition) is 3. The molecule has 1 rings (SSSR count). The summed E-state index contributed by atoms with van der Waals surface area (Å²) in [6.45, 7) is 4.17. The van der Waals surface area contributed by atoms with Crippen LogP contribution in [0.25, 0.3) is 0 Å². The summed E-state index contributed by atoms with van der Waals surface area (Å²) in [5, 5.41) is 6.09. The fourth-order valence-electron chi connectivity index (χ4n) is 2.09. The van der Waals surface area contributed by atoms with E-state index in [-0.39, 0.29) is 5.91 Å². The first-order valence-electron chi connectivity index (χ1n) is 5.77. The largest absolute Gasteiger partial charge is 0.359 e. The Morgan fingerprint density at radius 1 is 1.60 bits per heavy atom. The predicted molar refractivity (Wildman–Crippen MR) is 61.8 cm³/mol. The van der Waals surface area contributed by atoms with E-state index in [9.17, 15) is 4.79 Å². The van der Waals surface area contributed by atoms with E-state index in [0.717, 1.165) is 13.1 Å². The maximum absolute atomic E-state index is 11.1. The van der Waals surface area contributed by atoms with Gasteiger partial charge >= 0.3 is 0 Å². The summed E-state index contributed by atoms with van der Waals surface area (Å²) in [5.41, 5.74) is 0. The average molecular weight is 213 g/mol. The minimum Gasteiger partial charge on any atom is -0.359 e. The number of hydrogen-bond donors (Lipinski definition) is 2. The molecule has 0 aromatic rings. The second kappa shape index (κ2) is 6.08. The lowest BCUT2D eigenvalue weighted by Crippen LogP contribution is -2.46. The van der Waals surface area contributed by atoms with Gasteiger partial charge in [-0.3, -0.25) is 4.79 Å². The molecule has 88 valence electrons. The lowest BCUT2D eigenvalue weighted by Gasteiger charge is -2.34. The van der Waals surface area contributed by atoms with Crippen LogP contribution < -0.4 is 10.6 Å². The van der Waals surface area contributed by atoms with E-state index >= 15 is 0 Å². The van der Waals surface area contributed by atoms with Gasteiger partial charge in [0.1, 0.15) is 0 Å². The zero-order valence-corrected chi connectivity index (χ0v) is 10.0. The molecule has 0 radical (unpaired) electrons. The highest BCUT2D eigenvalue weighted by molar-refractivity contribution is 5.75. The first-order chi connectivity index (χ1) is 7.13.